The lowest BCUT2D eigenvalue weighted by Crippen LogP contribution is -2.48. The number of rotatable bonds is 2. The van der Waals surface area contributed by atoms with Crippen LogP contribution in [0.1, 0.15) is 19.8 Å². The van der Waals surface area contributed by atoms with E-state index in [1.165, 1.54) is 0 Å². The van der Waals surface area contributed by atoms with Crippen molar-refractivity contribution in [3.05, 3.63) is 18.2 Å². The summed E-state index contributed by atoms with van der Waals surface area (Å²) in [4.78, 5) is 15.9. The minimum absolute atomic E-state index is 0.0153. The summed E-state index contributed by atoms with van der Waals surface area (Å²) in [5, 5.41) is 3.97. The number of nitrogens with zero attached hydrogens (tertiary/aromatic N) is 2. The molecule has 3 aliphatic heterocycles. The molecule has 1 unspecified atom stereocenters. The number of thiocarbonyl (C=S) groups is 1. The molecule has 0 aromatic heterocycles. The molecule has 1 amide bonds. The van der Waals surface area contributed by atoms with Crippen LogP contribution in [0.5, 0.6) is 11.5 Å². The number of anilines is 1. The molecule has 0 spiro atoms. The van der Waals surface area contributed by atoms with E-state index in [9.17, 15) is 4.79 Å². The molecule has 1 aromatic carbocycles. The molecule has 0 bridgehead atoms. The predicted octanol–water partition coefficient (Wildman–Crippen LogP) is 2.46. The molecule has 2 fully saturated rings. The Kier molecular flexibility index (Phi) is 4.76. The average molecular weight is 377 g/mol. The predicted molar refractivity (Wildman–Crippen MR) is 101 cm³/mol. The van der Waals surface area contributed by atoms with Crippen molar-refractivity contribution in [3.63, 3.8) is 0 Å². The summed E-state index contributed by atoms with van der Waals surface area (Å²) in [5.74, 6) is 1.50. The van der Waals surface area contributed by atoms with Gasteiger partial charge in [-0.1, -0.05) is 0 Å². The quantitative estimate of drug-likeness (QED) is 0.795. The largest absolute Gasteiger partial charge is 0.486 e. The molecule has 8 heteroatoms. The maximum atomic E-state index is 11.9. The maximum absolute atomic E-state index is 11.9. The Balaban J connectivity index is 1.32. The minimum Gasteiger partial charge on any atom is -0.486 e. The van der Waals surface area contributed by atoms with Gasteiger partial charge in [-0.3, -0.25) is 0 Å². The smallest absolute Gasteiger partial charge is 0.410 e. The highest BCUT2D eigenvalue weighted by Gasteiger charge is 2.35. The Labute approximate surface area is 158 Å². The number of hydrogen-bond acceptors (Lipinski definition) is 5. The lowest BCUT2D eigenvalue weighted by molar-refractivity contribution is 0.123. The van der Waals surface area contributed by atoms with E-state index in [4.69, 9.17) is 26.4 Å². The van der Waals surface area contributed by atoms with Crippen molar-refractivity contribution in [2.75, 3.05) is 38.2 Å². The second-order valence-corrected chi connectivity index (χ2v) is 7.24. The minimum atomic E-state index is -0.187. The van der Waals surface area contributed by atoms with Gasteiger partial charge >= 0.3 is 6.09 Å². The SMILES string of the molecule is CC1CN(C2CCN(C(=S)Nc3ccc4c(c3)OCCO4)CC2)C(=O)O1. The van der Waals surface area contributed by atoms with E-state index in [2.05, 4.69) is 10.2 Å². The number of ether oxygens (including phenoxy) is 3. The summed E-state index contributed by atoms with van der Waals surface area (Å²) in [6.45, 7) is 5.39. The van der Waals surface area contributed by atoms with Gasteiger partial charge < -0.3 is 29.3 Å². The second-order valence-electron chi connectivity index (χ2n) is 6.85. The molecule has 1 atom stereocenters. The summed E-state index contributed by atoms with van der Waals surface area (Å²) in [7, 11) is 0. The zero-order chi connectivity index (χ0) is 18.1. The Morgan fingerprint density at radius 1 is 1.19 bits per heavy atom. The van der Waals surface area contributed by atoms with Gasteiger partial charge in [-0.25, -0.2) is 4.79 Å². The van der Waals surface area contributed by atoms with Crippen molar-refractivity contribution < 1.29 is 19.0 Å². The molecule has 26 heavy (non-hydrogen) atoms. The number of piperidine rings is 1. The van der Waals surface area contributed by atoms with E-state index in [-0.39, 0.29) is 18.2 Å². The van der Waals surface area contributed by atoms with Gasteiger partial charge in [0.1, 0.15) is 19.3 Å². The van der Waals surface area contributed by atoms with Crippen LogP contribution >= 0.6 is 12.2 Å². The molecular weight excluding hydrogens is 354 g/mol. The monoisotopic (exact) mass is 377 g/mol. The van der Waals surface area contributed by atoms with Gasteiger partial charge in [0.15, 0.2) is 16.6 Å². The second kappa shape index (κ2) is 7.19. The van der Waals surface area contributed by atoms with E-state index in [0.29, 0.717) is 24.9 Å². The first-order valence-corrected chi connectivity index (χ1v) is 9.44. The lowest BCUT2D eigenvalue weighted by Gasteiger charge is -2.37. The highest BCUT2D eigenvalue weighted by molar-refractivity contribution is 7.80. The Hall–Kier alpha value is -2.22. The first kappa shape index (κ1) is 17.2. The van der Waals surface area contributed by atoms with Crippen LogP contribution in [0, 0.1) is 0 Å². The zero-order valence-electron chi connectivity index (χ0n) is 14.8. The molecule has 7 nitrogen and oxygen atoms in total. The van der Waals surface area contributed by atoms with Crippen LogP contribution in [-0.4, -0.2) is 66.0 Å². The first-order chi connectivity index (χ1) is 12.6. The molecule has 1 aromatic rings. The number of benzene rings is 1. The molecule has 1 N–H and O–H groups in total. The summed E-state index contributed by atoms with van der Waals surface area (Å²) >= 11 is 5.56. The van der Waals surface area contributed by atoms with Gasteiger partial charge in [-0.05, 0) is 44.1 Å². The molecule has 2 saturated heterocycles. The fraction of sp³-hybridized carbons (Fsp3) is 0.556. The van der Waals surface area contributed by atoms with Crippen LogP contribution in [0.15, 0.2) is 18.2 Å². The van der Waals surface area contributed by atoms with Crippen molar-refractivity contribution in [2.45, 2.75) is 31.9 Å². The number of cyclic esters (lactones) is 1. The third-order valence-electron chi connectivity index (χ3n) is 4.98. The molecule has 140 valence electrons. The van der Waals surface area contributed by atoms with Gasteiger partial charge in [-0.2, -0.15) is 0 Å². The lowest BCUT2D eigenvalue weighted by atomic mass is 10.0. The third kappa shape index (κ3) is 3.51. The summed E-state index contributed by atoms with van der Waals surface area (Å²) < 4.78 is 16.4. The average Bonchev–Trinajstić information content (AvgIpc) is 3.00. The van der Waals surface area contributed by atoms with Crippen LogP contribution in [-0.2, 0) is 4.74 Å². The number of carbonyl (C=O) groups is 1. The van der Waals surface area contributed by atoms with Crippen molar-refractivity contribution in [1.29, 1.82) is 0 Å². The van der Waals surface area contributed by atoms with E-state index in [1.54, 1.807) is 0 Å². The highest BCUT2D eigenvalue weighted by Crippen LogP contribution is 2.32. The van der Waals surface area contributed by atoms with Crippen molar-refractivity contribution in [1.82, 2.24) is 9.80 Å². The van der Waals surface area contributed by atoms with E-state index >= 15 is 0 Å². The summed E-state index contributed by atoms with van der Waals surface area (Å²) in [5.41, 5.74) is 0.887. The maximum Gasteiger partial charge on any atom is 0.410 e. The fourth-order valence-corrected chi connectivity index (χ4v) is 3.93. The third-order valence-corrected chi connectivity index (χ3v) is 5.34. The molecule has 4 rings (SSSR count). The number of fused-ring (bicyclic) bond motifs is 1. The van der Waals surface area contributed by atoms with Crippen LogP contribution in [0.3, 0.4) is 0 Å². The van der Waals surface area contributed by atoms with Gasteiger partial charge in [0, 0.05) is 30.9 Å². The van der Waals surface area contributed by atoms with E-state index < -0.39 is 0 Å². The normalized spacial score (nSPS) is 23.0. The standard InChI is InChI=1S/C18H23N3O4S/c1-12-11-21(18(22)25-12)14-4-6-20(7-5-14)17(26)19-13-2-3-15-16(10-13)24-9-8-23-15/h2-3,10,12,14H,4-9,11H2,1H3,(H,19,26). The molecule has 0 saturated carbocycles. The van der Waals surface area contributed by atoms with Gasteiger partial charge in [0.05, 0.1) is 6.54 Å². The molecule has 0 aliphatic carbocycles. The first-order valence-electron chi connectivity index (χ1n) is 9.03. The zero-order valence-corrected chi connectivity index (χ0v) is 15.6. The number of hydrogen-bond donors (Lipinski definition) is 1. The Morgan fingerprint density at radius 3 is 2.62 bits per heavy atom. The molecule has 3 heterocycles. The Morgan fingerprint density at radius 2 is 1.92 bits per heavy atom. The van der Waals surface area contributed by atoms with Crippen molar-refractivity contribution in [3.8, 4) is 11.5 Å². The van der Waals surface area contributed by atoms with Crippen LogP contribution in [0.4, 0.5) is 10.5 Å². The fourth-order valence-electron chi connectivity index (χ4n) is 3.63. The number of likely N-dealkylation sites (tertiary alicyclic amines) is 1. The van der Waals surface area contributed by atoms with E-state index in [0.717, 1.165) is 43.1 Å². The molecular formula is C18H23N3O4S. The number of carbonyl (C=O) groups excluding carboxylic acids is 1. The number of amides is 1. The topological polar surface area (TPSA) is 63.3 Å². The molecule has 0 radical (unpaired) electrons. The van der Waals surface area contributed by atoms with Crippen molar-refractivity contribution in [2.24, 2.45) is 0 Å². The summed E-state index contributed by atoms with van der Waals surface area (Å²) in [6.07, 6.45) is 1.58. The van der Waals surface area contributed by atoms with Gasteiger partial charge in [-0.15, -0.1) is 0 Å². The highest BCUT2D eigenvalue weighted by atomic mass is 32.1. The van der Waals surface area contributed by atoms with Gasteiger partial charge in [0.2, 0.25) is 0 Å². The molecule has 3 aliphatic rings. The van der Waals surface area contributed by atoms with Crippen LogP contribution in [0.2, 0.25) is 0 Å². The van der Waals surface area contributed by atoms with Crippen LogP contribution < -0.4 is 14.8 Å². The van der Waals surface area contributed by atoms with Gasteiger partial charge in [0.25, 0.3) is 0 Å². The Bertz CT molecular complexity index is 706. The summed E-state index contributed by atoms with van der Waals surface area (Å²) in [6, 6.07) is 5.98. The van der Waals surface area contributed by atoms with E-state index in [1.807, 2.05) is 30.0 Å². The van der Waals surface area contributed by atoms with Crippen LogP contribution in [0.25, 0.3) is 0 Å². The van der Waals surface area contributed by atoms with Crippen molar-refractivity contribution >= 4 is 29.1 Å². The number of nitrogens with one attached hydrogen (secondary N) is 1.